The number of hydrogen-bond acceptors (Lipinski definition) is 5. The van der Waals surface area contributed by atoms with Crippen LogP contribution in [0.1, 0.15) is 111 Å². The average molecular weight is 432 g/mol. The quantitative estimate of drug-likeness (QED) is 0.282. The summed E-state index contributed by atoms with van der Waals surface area (Å²) in [6, 6.07) is 6.43. The summed E-state index contributed by atoms with van der Waals surface area (Å²) in [5.41, 5.74) is 0.525. The maximum absolute atomic E-state index is 12.2. The fourth-order valence-electron chi connectivity index (χ4n) is 3.71. The van der Waals surface area contributed by atoms with Crippen LogP contribution in [0.2, 0.25) is 0 Å². The van der Waals surface area contributed by atoms with Crippen LogP contribution in [0.4, 0.5) is 0 Å². The number of hydroxylamine groups is 2. The lowest BCUT2D eigenvalue weighted by molar-refractivity contribution is -0.168. The topological polar surface area (TPSA) is 101 Å². The van der Waals surface area contributed by atoms with Gasteiger partial charge in [-0.3, -0.25) is 14.4 Å². The highest BCUT2D eigenvalue weighted by Gasteiger charge is 2.38. The summed E-state index contributed by atoms with van der Waals surface area (Å²) in [6.45, 7) is 0. The molecule has 7 nitrogen and oxygen atoms in total. The minimum Gasteiger partial charge on any atom is -0.481 e. The molecule has 1 heterocycles. The van der Waals surface area contributed by atoms with E-state index in [1.165, 1.54) is 32.1 Å². The molecule has 1 aliphatic heterocycles. The Balaban J connectivity index is 1.43. The normalized spacial score (nSPS) is 12.8. The number of aliphatic carboxylic acids is 1. The molecule has 1 aliphatic rings. The maximum atomic E-state index is 12.2. The Morgan fingerprint density at radius 1 is 0.677 bits per heavy atom. The molecule has 31 heavy (non-hydrogen) atoms. The molecule has 0 unspecified atom stereocenters. The lowest BCUT2D eigenvalue weighted by Gasteiger charge is -2.12. The van der Waals surface area contributed by atoms with Crippen LogP contribution < -0.4 is 0 Å². The molecule has 7 heteroatoms. The predicted octanol–water partition coefficient (Wildman–Crippen LogP) is 5.29. The standard InChI is InChI=1S/C24H33NO6/c26-21(27)17-11-9-7-5-3-1-2-4-6-8-10-12-18-22(28)31-25-23(29)19-15-13-14-16-20(19)24(25)30/h13-16H,1-12,17-18H2,(H,26,27). The number of carbonyl (C=O) groups excluding carboxylic acids is 3. The summed E-state index contributed by atoms with van der Waals surface area (Å²) < 4.78 is 0. The Bertz CT molecular complexity index is 725. The van der Waals surface area contributed by atoms with Crippen molar-refractivity contribution in [2.45, 2.75) is 89.9 Å². The molecule has 0 saturated heterocycles. The molecule has 0 aromatic heterocycles. The molecule has 0 radical (unpaired) electrons. The van der Waals surface area contributed by atoms with E-state index in [1.54, 1.807) is 24.3 Å². The summed E-state index contributed by atoms with van der Waals surface area (Å²) in [5.74, 6) is -2.44. The molecule has 0 bridgehead atoms. The first kappa shape index (κ1) is 24.6. The number of benzene rings is 1. The zero-order chi connectivity index (χ0) is 22.5. The molecule has 0 aliphatic carbocycles. The van der Waals surface area contributed by atoms with Crippen LogP contribution >= 0.6 is 0 Å². The fraction of sp³-hybridized carbons (Fsp3) is 0.583. The minimum atomic E-state index is -0.709. The minimum absolute atomic E-state index is 0.190. The molecule has 0 saturated carbocycles. The summed E-state index contributed by atoms with van der Waals surface area (Å²) in [4.78, 5) is 51.7. The molecular weight excluding hydrogens is 398 g/mol. The number of carbonyl (C=O) groups is 4. The van der Waals surface area contributed by atoms with Gasteiger partial charge in [-0.2, -0.15) is 0 Å². The molecule has 2 amide bonds. The van der Waals surface area contributed by atoms with Crippen LogP contribution in [0.3, 0.4) is 0 Å². The van der Waals surface area contributed by atoms with Gasteiger partial charge in [0.25, 0.3) is 11.8 Å². The van der Waals surface area contributed by atoms with E-state index in [2.05, 4.69) is 0 Å². The van der Waals surface area contributed by atoms with E-state index in [-0.39, 0.29) is 24.0 Å². The van der Waals surface area contributed by atoms with Crippen molar-refractivity contribution in [1.29, 1.82) is 0 Å². The van der Waals surface area contributed by atoms with Crippen molar-refractivity contribution < 1.29 is 29.1 Å². The van der Waals surface area contributed by atoms with Gasteiger partial charge in [-0.1, -0.05) is 81.4 Å². The van der Waals surface area contributed by atoms with Crippen LogP contribution in [0, 0.1) is 0 Å². The second-order valence-corrected chi connectivity index (χ2v) is 8.05. The lowest BCUT2D eigenvalue weighted by atomic mass is 10.0. The van der Waals surface area contributed by atoms with Crippen molar-refractivity contribution in [1.82, 2.24) is 5.06 Å². The average Bonchev–Trinajstić information content (AvgIpc) is 2.99. The highest BCUT2D eigenvalue weighted by molar-refractivity contribution is 6.20. The zero-order valence-electron chi connectivity index (χ0n) is 18.1. The van der Waals surface area contributed by atoms with Crippen molar-refractivity contribution in [2.24, 2.45) is 0 Å². The molecule has 1 aromatic rings. The van der Waals surface area contributed by atoms with Crippen LogP contribution in [0.5, 0.6) is 0 Å². The monoisotopic (exact) mass is 431 g/mol. The van der Waals surface area contributed by atoms with E-state index in [0.717, 1.165) is 38.5 Å². The molecule has 0 fully saturated rings. The number of unbranched alkanes of at least 4 members (excludes halogenated alkanes) is 11. The summed E-state index contributed by atoms with van der Waals surface area (Å²) in [6.07, 6.45) is 13.1. The largest absolute Gasteiger partial charge is 0.481 e. The Labute approximate surface area is 183 Å². The smallest absolute Gasteiger partial charge is 0.333 e. The Hall–Kier alpha value is -2.70. The van der Waals surface area contributed by atoms with Gasteiger partial charge in [0.05, 0.1) is 11.1 Å². The number of carboxylic acid groups (broad SMARTS) is 1. The first-order valence-corrected chi connectivity index (χ1v) is 11.4. The SMILES string of the molecule is O=C(O)CCCCCCCCCCCCCCC(=O)ON1C(=O)c2ccccc2C1=O. The molecule has 170 valence electrons. The molecule has 1 N–H and O–H groups in total. The van der Waals surface area contributed by atoms with Crippen molar-refractivity contribution in [3.8, 4) is 0 Å². The molecule has 1 aromatic carbocycles. The van der Waals surface area contributed by atoms with E-state index >= 15 is 0 Å². The Kier molecular flexibility index (Phi) is 10.8. The van der Waals surface area contributed by atoms with E-state index < -0.39 is 23.8 Å². The van der Waals surface area contributed by atoms with Crippen molar-refractivity contribution in [2.75, 3.05) is 0 Å². The number of rotatable bonds is 16. The predicted molar refractivity (Wildman–Crippen MR) is 115 cm³/mol. The number of imide groups is 1. The van der Waals surface area contributed by atoms with Gasteiger partial charge in [-0.15, -0.1) is 0 Å². The second kappa shape index (κ2) is 13.6. The molecule has 0 atom stereocenters. The highest BCUT2D eigenvalue weighted by Crippen LogP contribution is 2.23. The third-order valence-corrected chi connectivity index (χ3v) is 5.47. The van der Waals surface area contributed by atoms with Crippen LogP contribution in [0.15, 0.2) is 24.3 Å². The number of carboxylic acids is 1. The van der Waals surface area contributed by atoms with Gasteiger partial charge in [0.15, 0.2) is 0 Å². The second-order valence-electron chi connectivity index (χ2n) is 8.05. The van der Waals surface area contributed by atoms with Crippen LogP contribution in [-0.2, 0) is 14.4 Å². The van der Waals surface area contributed by atoms with Gasteiger partial charge in [0.2, 0.25) is 0 Å². The van der Waals surface area contributed by atoms with Gasteiger partial charge in [0.1, 0.15) is 0 Å². The third-order valence-electron chi connectivity index (χ3n) is 5.47. The van der Waals surface area contributed by atoms with Crippen molar-refractivity contribution in [3.63, 3.8) is 0 Å². The summed E-state index contributed by atoms with van der Waals surface area (Å²) in [7, 11) is 0. The van der Waals surface area contributed by atoms with Crippen molar-refractivity contribution >= 4 is 23.8 Å². The molecule has 0 spiro atoms. The van der Waals surface area contributed by atoms with Gasteiger partial charge in [-0.05, 0) is 25.0 Å². The first-order chi connectivity index (χ1) is 15.0. The Morgan fingerprint density at radius 3 is 1.48 bits per heavy atom. The fourth-order valence-corrected chi connectivity index (χ4v) is 3.71. The zero-order valence-corrected chi connectivity index (χ0v) is 18.1. The maximum Gasteiger partial charge on any atom is 0.333 e. The van der Waals surface area contributed by atoms with E-state index in [4.69, 9.17) is 9.94 Å². The van der Waals surface area contributed by atoms with E-state index in [9.17, 15) is 19.2 Å². The number of amides is 2. The number of fused-ring (bicyclic) bond motifs is 1. The van der Waals surface area contributed by atoms with Gasteiger partial charge in [-0.25, -0.2) is 4.79 Å². The third kappa shape index (κ3) is 8.52. The highest BCUT2D eigenvalue weighted by atomic mass is 16.7. The van der Waals surface area contributed by atoms with Crippen LogP contribution in [-0.4, -0.2) is 33.9 Å². The van der Waals surface area contributed by atoms with Gasteiger partial charge in [0, 0.05) is 12.8 Å². The Morgan fingerprint density at radius 2 is 1.06 bits per heavy atom. The molecular formula is C24H33NO6. The van der Waals surface area contributed by atoms with E-state index in [0.29, 0.717) is 11.5 Å². The van der Waals surface area contributed by atoms with Gasteiger partial charge < -0.3 is 9.94 Å². The number of nitrogens with zero attached hydrogens (tertiary/aromatic N) is 1. The van der Waals surface area contributed by atoms with Crippen LogP contribution in [0.25, 0.3) is 0 Å². The number of hydrogen-bond donors (Lipinski definition) is 1. The lowest BCUT2D eigenvalue weighted by Crippen LogP contribution is -2.32. The summed E-state index contributed by atoms with van der Waals surface area (Å²) >= 11 is 0. The summed E-state index contributed by atoms with van der Waals surface area (Å²) in [5, 5.41) is 9.14. The van der Waals surface area contributed by atoms with E-state index in [1.807, 2.05) is 0 Å². The first-order valence-electron chi connectivity index (χ1n) is 11.4. The van der Waals surface area contributed by atoms with Gasteiger partial charge >= 0.3 is 11.9 Å². The molecule has 2 rings (SSSR count). The van der Waals surface area contributed by atoms with Crippen molar-refractivity contribution in [3.05, 3.63) is 35.4 Å².